The van der Waals surface area contributed by atoms with E-state index in [4.69, 9.17) is 4.43 Å². The van der Waals surface area contributed by atoms with E-state index >= 15 is 0 Å². The molecule has 26 heavy (non-hydrogen) atoms. The molecule has 0 saturated heterocycles. The van der Waals surface area contributed by atoms with Crippen molar-refractivity contribution in [2.75, 3.05) is 0 Å². The quantitative estimate of drug-likeness (QED) is 0.137. The van der Waals surface area contributed by atoms with Gasteiger partial charge < -0.3 is 0 Å². The third-order valence-corrected chi connectivity index (χ3v) is 24.1. The molecule has 1 nitrogen and oxygen atoms in total. The second-order valence-electron chi connectivity index (χ2n) is 9.59. The van der Waals surface area contributed by atoms with E-state index in [9.17, 15) is 0 Å². The van der Waals surface area contributed by atoms with E-state index in [1.54, 1.807) is 13.3 Å². The number of hydrogen-bond acceptors (Lipinski definition) is 1. The second-order valence-corrected chi connectivity index (χ2v) is 28.0. The molecule has 0 bridgehead atoms. The molecule has 0 saturated carbocycles. The van der Waals surface area contributed by atoms with Gasteiger partial charge in [-0.1, -0.05) is 0 Å². The number of unbranched alkanes of at least 4 members (excludes halogenated alkanes) is 7. The molecule has 0 N–H and O–H groups in total. The fourth-order valence-corrected chi connectivity index (χ4v) is 27.0. The monoisotopic (exact) mass is 492 g/mol. The van der Waals surface area contributed by atoms with Crippen molar-refractivity contribution < 1.29 is 4.43 Å². The Labute approximate surface area is 172 Å². The van der Waals surface area contributed by atoms with E-state index in [-0.39, 0.29) is 0 Å². The Morgan fingerprint density at radius 3 is 1.42 bits per heavy atom. The Bertz CT molecular complexity index is 292. The average molecular weight is 491 g/mol. The fraction of sp³-hybridized carbons (Fsp3) is 1.00. The topological polar surface area (TPSA) is 9.23 Å². The van der Waals surface area contributed by atoms with Crippen molar-refractivity contribution in [1.29, 1.82) is 0 Å². The summed E-state index contributed by atoms with van der Waals surface area (Å²) in [6, 6.07) is 0. The first-order valence-electron chi connectivity index (χ1n) is 12.0. The van der Waals surface area contributed by atoms with E-state index in [1.165, 1.54) is 77.0 Å². The fourth-order valence-electron chi connectivity index (χ4n) is 4.29. The molecule has 0 aliphatic heterocycles. The van der Waals surface area contributed by atoms with Gasteiger partial charge in [0.05, 0.1) is 0 Å². The first kappa shape index (κ1) is 27.0. The van der Waals surface area contributed by atoms with Gasteiger partial charge in [0.1, 0.15) is 0 Å². The summed E-state index contributed by atoms with van der Waals surface area (Å²) in [4.78, 5) is 0. The standard InChI is InChI=1S/C11H25OSi.3C4H9.Sn/c1-5-6-7-8-9-10-11-12-13(2,3)4;3*1-3-4-2;/h11H,5-10H2,1-4H3;3*1,3-4H2,2H3;. The zero-order valence-electron chi connectivity index (χ0n) is 19.6. The van der Waals surface area contributed by atoms with Crippen molar-refractivity contribution in [2.45, 2.75) is 142 Å². The van der Waals surface area contributed by atoms with Crippen LogP contribution in [0.2, 0.25) is 33.0 Å². The molecule has 0 aliphatic rings. The van der Waals surface area contributed by atoms with Gasteiger partial charge in [-0.25, -0.2) is 0 Å². The number of rotatable bonds is 18. The van der Waals surface area contributed by atoms with Crippen molar-refractivity contribution >= 4 is 26.7 Å². The summed E-state index contributed by atoms with van der Waals surface area (Å²) < 4.78 is 12.5. The van der Waals surface area contributed by atoms with Gasteiger partial charge in [0.2, 0.25) is 0 Å². The van der Waals surface area contributed by atoms with Crippen LogP contribution in [0.1, 0.15) is 105 Å². The molecular formula is C23H52OSiSn. The molecule has 0 amide bonds. The minimum absolute atomic E-state index is 0.710. The zero-order chi connectivity index (χ0) is 19.9. The molecule has 0 aromatic carbocycles. The molecule has 1 atom stereocenters. The van der Waals surface area contributed by atoms with E-state index < -0.39 is 26.7 Å². The molecular weight excluding hydrogens is 439 g/mol. The minimum atomic E-state index is -2.27. The summed E-state index contributed by atoms with van der Waals surface area (Å²) in [6.45, 7) is 16.7. The molecule has 0 aromatic heterocycles. The molecule has 0 aliphatic carbocycles. The van der Waals surface area contributed by atoms with Crippen LogP contribution in [0.4, 0.5) is 0 Å². The predicted octanol–water partition coefficient (Wildman–Crippen LogP) is 8.96. The van der Waals surface area contributed by atoms with Crippen molar-refractivity contribution in [3.05, 3.63) is 0 Å². The Hall–Kier alpha value is 0.976. The van der Waals surface area contributed by atoms with Gasteiger partial charge in [-0.15, -0.1) is 0 Å². The van der Waals surface area contributed by atoms with Crippen LogP contribution in [0.25, 0.3) is 0 Å². The van der Waals surface area contributed by atoms with E-state index in [0.29, 0.717) is 4.12 Å². The second kappa shape index (κ2) is 15.8. The number of hydrogen-bond donors (Lipinski definition) is 0. The summed E-state index contributed by atoms with van der Waals surface area (Å²) in [5, 5.41) is 0. The normalized spacial score (nSPS) is 14.0. The average Bonchev–Trinajstić information content (AvgIpc) is 2.59. The van der Waals surface area contributed by atoms with Gasteiger partial charge in [0, 0.05) is 0 Å². The summed E-state index contributed by atoms with van der Waals surface area (Å²) in [5.41, 5.74) is 0. The third-order valence-electron chi connectivity index (χ3n) is 5.83. The maximum atomic E-state index is 7.03. The Balaban J connectivity index is 5.31. The van der Waals surface area contributed by atoms with E-state index in [0.717, 1.165) is 0 Å². The third kappa shape index (κ3) is 12.4. The SMILES string of the molecule is CCCCCCC[CH](O[Si](C)(C)C)[Sn]([CH2]CCC)([CH2]CCC)[CH2]CCC. The maximum absolute atomic E-state index is 7.03. The summed E-state index contributed by atoms with van der Waals surface area (Å²) in [5.74, 6) is 0. The summed E-state index contributed by atoms with van der Waals surface area (Å²) in [7, 11) is -1.47. The molecule has 158 valence electrons. The Morgan fingerprint density at radius 1 is 0.615 bits per heavy atom. The van der Waals surface area contributed by atoms with Crippen LogP contribution >= 0.6 is 0 Å². The summed E-state index contributed by atoms with van der Waals surface area (Å²) in [6.07, 6.45) is 16.9. The zero-order valence-corrected chi connectivity index (χ0v) is 23.4. The van der Waals surface area contributed by atoms with E-state index in [1.807, 2.05) is 0 Å². The first-order valence-corrected chi connectivity index (χ1v) is 23.1. The van der Waals surface area contributed by atoms with Crippen molar-refractivity contribution in [3.63, 3.8) is 0 Å². The predicted molar refractivity (Wildman–Crippen MR) is 126 cm³/mol. The van der Waals surface area contributed by atoms with Gasteiger partial charge in [-0.05, 0) is 0 Å². The molecule has 0 radical (unpaired) electrons. The summed E-state index contributed by atoms with van der Waals surface area (Å²) >= 11 is -2.27. The molecule has 0 aromatic rings. The van der Waals surface area contributed by atoms with Crippen LogP contribution in [0.15, 0.2) is 0 Å². The molecule has 1 unspecified atom stereocenters. The molecule has 0 fully saturated rings. The van der Waals surface area contributed by atoms with Gasteiger partial charge >= 0.3 is 173 Å². The van der Waals surface area contributed by atoms with Crippen LogP contribution in [0, 0.1) is 0 Å². The first-order chi connectivity index (χ1) is 12.3. The molecule has 3 heteroatoms. The van der Waals surface area contributed by atoms with Gasteiger partial charge in [-0.3, -0.25) is 0 Å². The Morgan fingerprint density at radius 2 is 1.04 bits per heavy atom. The van der Waals surface area contributed by atoms with Crippen molar-refractivity contribution in [2.24, 2.45) is 0 Å². The van der Waals surface area contributed by atoms with Gasteiger partial charge in [0.25, 0.3) is 0 Å². The van der Waals surface area contributed by atoms with E-state index in [2.05, 4.69) is 47.3 Å². The molecule has 0 rings (SSSR count). The van der Waals surface area contributed by atoms with Crippen LogP contribution in [-0.2, 0) is 4.43 Å². The van der Waals surface area contributed by atoms with Crippen molar-refractivity contribution in [1.82, 2.24) is 0 Å². The van der Waals surface area contributed by atoms with Crippen LogP contribution in [0.3, 0.4) is 0 Å². The van der Waals surface area contributed by atoms with Gasteiger partial charge in [-0.2, -0.15) is 0 Å². The van der Waals surface area contributed by atoms with Crippen LogP contribution in [0.5, 0.6) is 0 Å². The molecule has 0 spiro atoms. The van der Waals surface area contributed by atoms with Crippen molar-refractivity contribution in [3.8, 4) is 0 Å². The molecule has 0 heterocycles. The van der Waals surface area contributed by atoms with Gasteiger partial charge in [0.15, 0.2) is 0 Å². The Kier molecular flexibility index (Phi) is 16.4. The van der Waals surface area contributed by atoms with Crippen LogP contribution < -0.4 is 0 Å². The van der Waals surface area contributed by atoms with Crippen LogP contribution in [-0.4, -0.2) is 30.8 Å².